The van der Waals surface area contributed by atoms with E-state index in [1.165, 1.54) is 0 Å². The van der Waals surface area contributed by atoms with E-state index in [4.69, 9.17) is 9.52 Å². The van der Waals surface area contributed by atoms with E-state index in [-0.39, 0.29) is 30.2 Å². The van der Waals surface area contributed by atoms with Crippen LogP contribution in [0.2, 0.25) is 0 Å². The van der Waals surface area contributed by atoms with E-state index < -0.39 is 17.7 Å². The van der Waals surface area contributed by atoms with Crippen LogP contribution in [0, 0.1) is 0 Å². The molecule has 1 aliphatic carbocycles. The van der Waals surface area contributed by atoms with Crippen molar-refractivity contribution in [2.75, 3.05) is 13.1 Å². The molecule has 0 unspecified atom stereocenters. The Morgan fingerprint density at radius 1 is 1.40 bits per heavy atom. The smallest absolute Gasteiger partial charge is 0.404 e. The lowest BCUT2D eigenvalue weighted by molar-refractivity contribution is 0.0959. The topological polar surface area (TPSA) is 122 Å². The number of carboxylic acid groups (broad SMARTS) is 1. The fraction of sp³-hybridized carbons (Fsp3) is 0.333. The molecule has 8 nitrogen and oxygen atoms in total. The third-order valence-electron chi connectivity index (χ3n) is 2.65. The van der Waals surface area contributed by atoms with Crippen LogP contribution in [0.4, 0.5) is 4.79 Å². The van der Waals surface area contributed by atoms with E-state index in [9.17, 15) is 14.4 Å². The number of rotatable bonds is 5. The molecule has 0 aliphatic heterocycles. The molecule has 1 aromatic rings. The molecule has 20 heavy (non-hydrogen) atoms. The van der Waals surface area contributed by atoms with Crippen LogP contribution in [0.15, 0.2) is 16.2 Å². The number of aryl methyl sites for hydroxylation is 1. The molecule has 1 aromatic heterocycles. The van der Waals surface area contributed by atoms with Gasteiger partial charge in [-0.15, -0.1) is 0 Å². The molecule has 2 rings (SSSR count). The molecule has 106 valence electrons. The molecule has 0 saturated carbocycles. The van der Waals surface area contributed by atoms with E-state index in [0.29, 0.717) is 12.3 Å². The van der Waals surface area contributed by atoms with Crippen molar-refractivity contribution >= 4 is 17.7 Å². The lowest BCUT2D eigenvalue weighted by atomic mass is 10.0. The van der Waals surface area contributed by atoms with Crippen LogP contribution >= 0.6 is 0 Å². The van der Waals surface area contributed by atoms with Gasteiger partial charge in [0, 0.05) is 25.6 Å². The summed E-state index contributed by atoms with van der Waals surface area (Å²) < 4.78 is 5.20. The maximum atomic E-state index is 12.1. The molecular weight excluding hydrogens is 266 g/mol. The summed E-state index contributed by atoms with van der Waals surface area (Å²) in [5.41, 5.74) is 0.0914. The predicted molar refractivity (Wildman–Crippen MR) is 66.7 cm³/mol. The van der Waals surface area contributed by atoms with Crippen molar-refractivity contribution in [3.63, 3.8) is 0 Å². The van der Waals surface area contributed by atoms with Gasteiger partial charge in [-0.3, -0.25) is 9.59 Å². The van der Waals surface area contributed by atoms with Gasteiger partial charge in [0.05, 0.1) is 5.70 Å². The average Bonchev–Trinajstić information content (AvgIpc) is 2.85. The minimum atomic E-state index is -1.15. The molecular formula is C12H13N3O5. The highest BCUT2D eigenvalue weighted by Crippen LogP contribution is 2.21. The monoisotopic (exact) mass is 279 g/mol. The van der Waals surface area contributed by atoms with Gasteiger partial charge in [-0.25, -0.2) is 9.78 Å². The van der Waals surface area contributed by atoms with Gasteiger partial charge in [0.1, 0.15) is 0 Å². The van der Waals surface area contributed by atoms with Crippen LogP contribution in [0.5, 0.6) is 0 Å². The number of carbonyl (C=O) groups is 3. The predicted octanol–water partition coefficient (Wildman–Crippen LogP) is 0.357. The molecule has 0 spiro atoms. The molecule has 1 heterocycles. The van der Waals surface area contributed by atoms with Crippen molar-refractivity contribution in [1.29, 1.82) is 0 Å². The van der Waals surface area contributed by atoms with Gasteiger partial charge in [0.2, 0.25) is 17.3 Å². The van der Waals surface area contributed by atoms with Gasteiger partial charge in [0.15, 0.2) is 11.6 Å². The highest BCUT2D eigenvalue weighted by Gasteiger charge is 2.31. The highest BCUT2D eigenvalue weighted by atomic mass is 16.4. The number of amides is 1. The molecule has 0 saturated heterocycles. The number of hydrogen-bond acceptors (Lipinski definition) is 6. The van der Waals surface area contributed by atoms with E-state index in [0.717, 1.165) is 6.08 Å². The second-order valence-corrected chi connectivity index (χ2v) is 4.05. The number of nitrogens with zero attached hydrogens (tertiary/aromatic N) is 1. The first kappa shape index (κ1) is 13.8. The Hall–Kier alpha value is -2.64. The van der Waals surface area contributed by atoms with Crippen molar-refractivity contribution in [2.45, 2.75) is 13.3 Å². The normalized spacial score (nSPS) is 13.8. The fourth-order valence-corrected chi connectivity index (χ4v) is 1.72. The Kier molecular flexibility index (Phi) is 3.83. The second-order valence-electron chi connectivity index (χ2n) is 4.05. The van der Waals surface area contributed by atoms with Crippen molar-refractivity contribution in [1.82, 2.24) is 15.6 Å². The fourth-order valence-electron chi connectivity index (χ4n) is 1.72. The summed E-state index contributed by atoms with van der Waals surface area (Å²) in [6.07, 6.45) is 0.466. The summed E-state index contributed by atoms with van der Waals surface area (Å²) in [7, 11) is 0. The zero-order chi connectivity index (χ0) is 14.7. The largest absolute Gasteiger partial charge is 0.465 e. The second kappa shape index (κ2) is 5.55. The number of allylic oxidation sites excluding steroid dienone is 2. The van der Waals surface area contributed by atoms with Gasteiger partial charge in [-0.2, -0.15) is 0 Å². The molecule has 8 heteroatoms. The third-order valence-corrected chi connectivity index (χ3v) is 2.65. The maximum Gasteiger partial charge on any atom is 0.404 e. The highest BCUT2D eigenvalue weighted by molar-refractivity contribution is 6.22. The van der Waals surface area contributed by atoms with Gasteiger partial charge in [-0.1, -0.05) is 6.92 Å². The lowest BCUT2D eigenvalue weighted by Crippen LogP contribution is -2.33. The Labute approximate surface area is 113 Å². The molecule has 1 amide bonds. The minimum absolute atomic E-state index is 0.00282. The number of hydrogen-bond donors (Lipinski definition) is 3. The molecule has 1 aliphatic rings. The van der Waals surface area contributed by atoms with Crippen molar-refractivity contribution in [2.24, 2.45) is 0 Å². The summed E-state index contributed by atoms with van der Waals surface area (Å²) in [6, 6.07) is 0. The Balaban J connectivity index is 2.07. The van der Waals surface area contributed by atoms with Gasteiger partial charge in [-0.05, 0) is 0 Å². The number of oxazole rings is 1. The average molecular weight is 279 g/mol. The summed E-state index contributed by atoms with van der Waals surface area (Å²) in [5.74, 6) is -0.571. The Morgan fingerprint density at radius 2 is 2.15 bits per heavy atom. The molecule has 0 bridgehead atoms. The van der Waals surface area contributed by atoms with E-state index in [1.54, 1.807) is 6.92 Å². The summed E-state index contributed by atoms with van der Waals surface area (Å²) in [4.78, 5) is 38.1. The first-order chi connectivity index (χ1) is 9.52. The Bertz CT molecular complexity index is 602. The standard InChI is InChI=1S/C12H13N3O5/c1-2-8-15-9-10(17)6(5-7(16)11(9)20-8)13-3-4-14-12(18)19/h5,13-14H,2-4H2,1H3,(H,18,19). The van der Waals surface area contributed by atoms with Crippen LogP contribution in [-0.2, 0) is 6.42 Å². The van der Waals surface area contributed by atoms with Crippen molar-refractivity contribution in [3.8, 4) is 0 Å². The Morgan fingerprint density at radius 3 is 2.80 bits per heavy atom. The quantitative estimate of drug-likeness (QED) is 0.665. The number of fused-ring (bicyclic) bond motifs is 1. The van der Waals surface area contributed by atoms with E-state index in [1.807, 2.05) is 0 Å². The summed E-state index contributed by atoms with van der Waals surface area (Å²) in [5, 5.41) is 13.3. The first-order valence-electron chi connectivity index (χ1n) is 6.04. The van der Waals surface area contributed by atoms with Crippen LogP contribution in [-0.4, -0.2) is 40.8 Å². The SMILES string of the molecule is CCc1nc2c(o1)C(=O)C=C(NCCNC(=O)O)C2=O. The third kappa shape index (κ3) is 2.68. The summed E-state index contributed by atoms with van der Waals surface area (Å²) >= 11 is 0. The van der Waals surface area contributed by atoms with E-state index >= 15 is 0 Å². The van der Waals surface area contributed by atoms with Crippen LogP contribution < -0.4 is 10.6 Å². The first-order valence-corrected chi connectivity index (χ1v) is 6.04. The van der Waals surface area contributed by atoms with Crippen molar-refractivity contribution < 1.29 is 23.9 Å². The molecule has 0 radical (unpaired) electrons. The zero-order valence-corrected chi connectivity index (χ0v) is 10.7. The van der Waals surface area contributed by atoms with Crippen LogP contribution in [0.25, 0.3) is 0 Å². The van der Waals surface area contributed by atoms with Crippen LogP contribution in [0.3, 0.4) is 0 Å². The number of aromatic nitrogens is 1. The molecule has 0 aromatic carbocycles. The molecule has 3 N–H and O–H groups in total. The number of Topliss-reactive ketones (excluding diaryl/α,β-unsaturated/α-hetero) is 1. The number of carbonyl (C=O) groups excluding carboxylic acids is 2. The van der Waals surface area contributed by atoms with Gasteiger partial charge in [0.25, 0.3) is 0 Å². The minimum Gasteiger partial charge on any atom is -0.465 e. The van der Waals surface area contributed by atoms with Crippen molar-refractivity contribution in [3.05, 3.63) is 29.1 Å². The van der Waals surface area contributed by atoms with Crippen LogP contribution in [0.1, 0.15) is 33.9 Å². The lowest BCUT2D eigenvalue weighted by Gasteiger charge is -2.11. The maximum absolute atomic E-state index is 12.1. The molecule has 0 atom stereocenters. The van der Waals surface area contributed by atoms with Gasteiger partial charge >= 0.3 is 6.09 Å². The number of nitrogens with one attached hydrogen (secondary N) is 2. The molecule has 0 fully saturated rings. The summed E-state index contributed by atoms with van der Waals surface area (Å²) in [6.45, 7) is 2.10. The zero-order valence-electron chi connectivity index (χ0n) is 10.7. The number of ketones is 2. The van der Waals surface area contributed by atoms with Gasteiger partial charge < -0.3 is 20.2 Å². The van der Waals surface area contributed by atoms with E-state index in [2.05, 4.69) is 15.6 Å².